The summed E-state index contributed by atoms with van der Waals surface area (Å²) in [5.41, 5.74) is 3.83. The molecule has 92 valence electrons. The van der Waals surface area contributed by atoms with Gasteiger partial charge in [-0.15, -0.1) is 0 Å². The van der Waals surface area contributed by atoms with E-state index in [0.717, 1.165) is 18.4 Å². The quantitative estimate of drug-likeness (QED) is 0.830. The Hall–Kier alpha value is -0.350. The zero-order valence-corrected chi connectivity index (χ0v) is 12.5. The summed E-state index contributed by atoms with van der Waals surface area (Å²) in [6, 6.07) is 6.21. The van der Waals surface area contributed by atoms with E-state index < -0.39 is 10.8 Å². The molecule has 1 aliphatic rings. The van der Waals surface area contributed by atoms with E-state index in [9.17, 15) is 4.79 Å². The average molecular weight is 362 g/mol. The number of benzene rings is 1. The topological polar surface area (TPSA) is 37.3 Å². The summed E-state index contributed by atoms with van der Waals surface area (Å²) in [4.78, 5) is 10.2. The van der Waals surface area contributed by atoms with Gasteiger partial charge in [-0.25, -0.2) is 0 Å². The third-order valence-electron chi connectivity index (χ3n) is 3.22. The highest BCUT2D eigenvalue weighted by Crippen LogP contribution is 2.37. The molecule has 2 nitrogen and oxygen atoms in total. The Morgan fingerprint density at radius 1 is 1.24 bits per heavy atom. The van der Waals surface area contributed by atoms with E-state index in [0.29, 0.717) is 0 Å². The van der Waals surface area contributed by atoms with E-state index in [1.165, 1.54) is 24.0 Å². The van der Waals surface area contributed by atoms with Gasteiger partial charge in [0.05, 0.1) is 4.83 Å². The summed E-state index contributed by atoms with van der Waals surface area (Å²) in [6.45, 7) is 0. The molecule has 2 rings (SSSR count). The molecule has 0 saturated heterocycles. The maximum Gasteiger partial charge on any atom is 0.318 e. The Kier molecular flexibility index (Phi) is 4.26. The largest absolute Gasteiger partial charge is 0.480 e. The van der Waals surface area contributed by atoms with Crippen molar-refractivity contribution in [3.63, 3.8) is 0 Å². The van der Waals surface area contributed by atoms with E-state index in [1.54, 1.807) is 0 Å². The lowest BCUT2D eigenvalue weighted by atomic mass is 9.87. The number of carboxylic acids is 1. The standard InChI is InChI=1S/C13H14Br2O2/c14-11(12(15)13(16)17)10-7-3-5-8-4-1-2-6-9(8)10/h3,5,7,11-12H,1-2,4,6H2,(H,16,17). The highest BCUT2D eigenvalue weighted by molar-refractivity contribution is 9.12. The Balaban J connectivity index is 2.35. The molecule has 1 aliphatic carbocycles. The van der Waals surface area contributed by atoms with Crippen LogP contribution in [0.5, 0.6) is 0 Å². The number of aliphatic carboxylic acids is 1. The van der Waals surface area contributed by atoms with Crippen LogP contribution >= 0.6 is 31.9 Å². The molecule has 0 spiro atoms. The normalized spacial score (nSPS) is 18.2. The van der Waals surface area contributed by atoms with Crippen molar-refractivity contribution in [3.05, 3.63) is 34.9 Å². The summed E-state index contributed by atoms with van der Waals surface area (Å²) in [5, 5.41) is 9.04. The van der Waals surface area contributed by atoms with Gasteiger partial charge in [-0.3, -0.25) is 4.79 Å². The molecule has 17 heavy (non-hydrogen) atoms. The van der Waals surface area contributed by atoms with Crippen molar-refractivity contribution in [2.75, 3.05) is 0 Å². The molecular weight excluding hydrogens is 348 g/mol. The fraction of sp³-hybridized carbons (Fsp3) is 0.462. The summed E-state index contributed by atoms with van der Waals surface area (Å²) in [6.07, 6.45) is 4.61. The summed E-state index contributed by atoms with van der Waals surface area (Å²) < 4.78 is 0. The highest BCUT2D eigenvalue weighted by atomic mass is 79.9. The van der Waals surface area contributed by atoms with Gasteiger partial charge >= 0.3 is 5.97 Å². The molecule has 2 unspecified atom stereocenters. The van der Waals surface area contributed by atoms with Gasteiger partial charge in [-0.2, -0.15) is 0 Å². The molecular formula is C13H14Br2O2. The maximum absolute atomic E-state index is 11.0. The zero-order valence-electron chi connectivity index (χ0n) is 9.33. The minimum atomic E-state index is -0.833. The molecule has 0 aliphatic heterocycles. The predicted molar refractivity (Wildman–Crippen MR) is 75.1 cm³/mol. The second-order valence-corrected chi connectivity index (χ2v) is 6.31. The van der Waals surface area contributed by atoms with Crippen molar-refractivity contribution in [1.29, 1.82) is 0 Å². The van der Waals surface area contributed by atoms with E-state index in [4.69, 9.17) is 5.11 Å². The lowest BCUT2D eigenvalue weighted by Gasteiger charge is -2.23. The monoisotopic (exact) mass is 360 g/mol. The number of aryl methyl sites for hydroxylation is 1. The van der Waals surface area contributed by atoms with Crippen LogP contribution in [0.3, 0.4) is 0 Å². The van der Waals surface area contributed by atoms with Gasteiger partial charge in [0, 0.05) is 0 Å². The first kappa shape index (κ1) is 13.1. The maximum atomic E-state index is 11.0. The number of halogens is 2. The molecule has 2 atom stereocenters. The molecule has 0 heterocycles. The summed E-state index contributed by atoms with van der Waals surface area (Å²) in [5.74, 6) is -0.833. The van der Waals surface area contributed by atoms with Crippen molar-refractivity contribution in [2.24, 2.45) is 0 Å². The summed E-state index contributed by atoms with van der Waals surface area (Å²) >= 11 is 6.73. The Morgan fingerprint density at radius 2 is 1.94 bits per heavy atom. The fourth-order valence-electron chi connectivity index (χ4n) is 2.35. The molecule has 0 saturated carbocycles. The lowest BCUT2D eigenvalue weighted by Crippen LogP contribution is -2.20. The van der Waals surface area contributed by atoms with Crippen molar-refractivity contribution in [1.82, 2.24) is 0 Å². The number of fused-ring (bicyclic) bond motifs is 1. The van der Waals surface area contributed by atoms with Crippen LogP contribution in [0.2, 0.25) is 0 Å². The molecule has 1 aromatic carbocycles. The predicted octanol–water partition coefficient (Wildman–Crippen LogP) is 3.85. The number of rotatable bonds is 3. The molecule has 0 aromatic heterocycles. The van der Waals surface area contributed by atoms with Gasteiger partial charge in [0.1, 0.15) is 4.83 Å². The molecule has 4 heteroatoms. The van der Waals surface area contributed by atoms with E-state index in [-0.39, 0.29) is 4.83 Å². The number of alkyl halides is 2. The number of hydrogen-bond donors (Lipinski definition) is 1. The third-order valence-corrected chi connectivity index (χ3v) is 5.87. The first-order valence-electron chi connectivity index (χ1n) is 5.73. The van der Waals surface area contributed by atoms with E-state index >= 15 is 0 Å². The second-order valence-electron chi connectivity index (χ2n) is 4.33. The van der Waals surface area contributed by atoms with Crippen LogP contribution in [-0.4, -0.2) is 15.9 Å². The van der Waals surface area contributed by atoms with E-state index in [2.05, 4.69) is 37.9 Å². The van der Waals surface area contributed by atoms with Gasteiger partial charge in [-0.05, 0) is 42.4 Å². The lowest BCUT2D eigenvalue weighted by molar-refractivity contribution is -0.136. The van der Waals surface area contributed by atoms with Crippen LogP contribution in [0.4, 0.5) is 0 Å². The van der Waals surface area contributed by atoms with Crippen LogP contribution in [0, 0.1) is 0 Å². The molecule has 0 amide bonds. The van der Waals surface area contributed by atoms with Crippen LogP contribution in [0.1, 0.15) is 34.4 Å². The number of hydrogen-bond acceptors (Lipinski definition) is 1. The zero-order chi connectivity index (χ0) is 12.4. The fourth-order valence-corrected chi connectivity index (χ4v) is 3.29. The minimum absolute atomic E-state index is 0.173. The number of carbonyl (C=O) groups is 1. The second kappa shape index (κ2) is 5.53. The van der Waals surface area contributed by atoms with Gasteiger partial charge in [0.25, 0.3) is 0 Å². The van der Waals surface area contributed by atoms with Crippen molar-refractivity contribution in [2.45, 2.75) is 35.3 Å². The molecule has 1 N–H and O–H groups in total. The van der Waals surface area contributed by atoms with E-state index in [1.807, 2.05) is 12.1 Å². The molecule has 0 bridgehead atoms. The Morgan fingerprint density at radius 3 is 2.65 bits per heavy atom. The third kappa shape index (κ3) is 2.74. The van der Waals surface area contributed by atoms with Crippen LogP contribution < -0.4 is 0 Å². The van der Waals surface area contributed by atoms with Crippen molar-refractivity contribution in [3.8, 4) is 0 Å². The molecule has 1 aromatic rings. The van der Waals surface area contributed by atoms with Crippen LogP contribution in [0.15, 0.2) is 18.2 Å². The van der Waals surface area contributed by atoms with Gasteiger partial charge in [0.15, 0.2) is 0 Å². The molecule has 0 radical (unpaired) electrons. The van der Waals surface area contributed by atoms with Gasteiger partial charge in [0.2, 0.25) is 0 Å². The smallest absolute Gasteiger partial charge is 0.318 e. The van der Waals surface area contributed by atoms with Crippen molar-refractivity contribution < 1.29 is 9.90 Å². The number of carboxylic acid groups (broad SMARTS) is 1. The van der Waals surface area contributed by atoms with Crippen molar-refractivity contribution >= 4 is 37.8 Å². The summed E-state index contributed by atoms with van der Waals surface area (Å²) in [7, 11) is 0. The van der Waals surface area contributed by atoms with Crippen LogP contribution in [-0.2, 0) is 17.6 Å². The first-order valence-corrected chi connectivity index (χ1v) is 7.56. The average Bonchev–Trinajstić information content (AvgIpc) is 2.36. The SMILES string of the molecule is O=C(O)C(Br)C(Br)c1cccc2c1CCCC2. The van der Waals surface area contributed by atoms with Gasteiger partial charge in [-0.1, -0.05) is 50.1 Å². The highest BCUT2D eigenvalue weighted by Gasteiger charge is 2.27. The Bertz CT molecular complexity index is 431. The Labute approximate surface area is 118 Å². The van der Waals surface area contributed by atoms with Gasteiger partial charge < -0.3 is 5.11 Å². The van der Waals surface area contributed by atoms with Crippen LogP contribution in [0.25, 0.3) is 0 Å². The minimum Gasteiger partial charge on any atom is -0.480 e. The molecule has 0 fully saturated rings. The first-order chi connectivity index (χ1) is 8.11.